The van der Waals surface area contributed by atoms with Gasteiger partial charge in [-0.15, -0.1) is 0 Å². The molecule has 0 aromatic carbocycles. The van der Waals surface area contributed by atoms with Crippen LogP contribution < -0.4 is 5.73 Å². The minimum Gasteiger partial charge on any atom is -0.393 e. The van der Waals surface area contributed by atoms with Gasteiger partial charge < -0.3 is 10.8 Å². The van der Waals surface area contributed by atoms with E-state index in [0.29, 0.717) is 10.8 Å². The number of primary amides is 1. The Morgan fingerprint density at radius 1 is 1.13 bits per heavy atom. The minimum atomic E-state index is -0.151. The fourth-order valence-electron chi connectivity index (χ4n) is 8.71. The second-order valence-corrected chi connectivity index (χ2v) is 12.1. The van der Waals surface area contributed by atoms with Gasteiger partial charge in [0.15, 0.2) is 0 Å². The van der Waals surface area contributed by atoms with E-state index in [0.717, 1.165) is 55.3 Å². The molecule has 30 heavy (non-hydrogen) atoms. The van der Waals surface area contributed by atoms with E-state index in [1.165, 1.54) is 44.9 Å². The summed E-state index contributed by atoms with van der Waals surface area (Å²) in [5.41, 5.74) is 7.87. The number of hydrogen-bond acceptors (Lipinski definition) is 2. The number of amides is 1. The number of carbonyl (C=O) groups excluding carboxylic acids is 1. The molecule has 3 N–H and O–H groups in total. The van der Waals surface area contributed by atoms with Gasteiger partial charge in [0.25, 0.3) is 0 Å². The molecular weight excluding hydrogens is 370 g/mol. The Morgan fingerprint density at radius 3 is 2.63 bits per heavy atom. The Hall–Kier alpha value is -0.830. The zero-order chi connectivity index (χ0) is 21.7. The molecule has 0 spiro atoms. The quantitative estimate of drug-likeness (QED) is 0.534. The topological polar surface area (TPSA) is 63.3 Å². The molecule has 0 aromatic heterocycles. The number of rotatable bonds is 6. The van der Waals surface area contributed by atoms with Crippen molar-refractivity contribution < 1.29 is 9.90 Å². The van der Waals surface area contributed by atoms with E-state index in [1.807, 2.05) is 6.92 Å². The first kappa shape index (κ1) is 22.4. The van der Waals surface area contributed by atoms with Crippen LogP contribution in [0.25, 0.3) is 0 Å². The third kappa shape index (κ3) is 3.67. The molecule has 3 heteroatoms. The van der Waals surface area contributed by atoms with E-state index < -0.39 is 0 Å². The van der Waals surface area contributed by atoms with Crippen LogP contribution in [0.3, 0.4) is 0 Å². The van der Waals surface area contributed by atoms with Crippen LogP contribution in [0.15, 0.2) is 11.6 Å². The molecule has 3 saturated carbocycles. The number of hydrogen-bond donors (Lipinski definition) is 2. The molecule has 4 aliphatic carbocycles. The summed E-state index contributed by atoms with van der Waals surface area (Å²) in [5.74, 6) is 3.98. The summed E-state index contributed by atoms with van der Waals surface area (Å²) >= 11 is 0. The van der Waals surface area contributed by atoms with Crippen LogP contribution in [-0.4, -0.2) is 17.1 Å². The van der Waals surface area contributed by atoms with Gasteiger partial charge in [-0.3, -0.25) is 4.79 Å². The maximum absolute atomic E-state index is 11.4. The van der Waals surface area contributed by atoms with Crippen molar-refractivity contribution in [2.24, 2.45) is 52.1 Å². The number of carbonyl (C=O) groups is 1. The molecule has 0 bridgehead atoms. The first-order chi connectivity index (χ1) is 14.2. The molecule has 3 nitrogen and oxygen atoms in total. The second-order valence-electron chi connectivity index (χ2n) is 12.1. The van der Waals surface area contributed by atoms with Gasteiger partial charge in [-0.05, 0) is 98.2 Å². The van der Waals surface area contributed by atoms with E-state index in [1.54, 1.807) is 5.57 Å². The zero-order valence-electron chi connectivity index (χ0n) is 19.8. The molecule has 0 heterocycles. The fraction of sp³-hybridized carbons (Fsp3) is 0.889. The molecule has 0 aliphatic heterocycles. The zero-order valence-corrected chi connectivity index (χ0v) is 19.8. The van der Waals surface area contributed by atoms with Crippen molar-refractivity contribution in [1.82, 2.24) is 0 Å². The molecule has 1 amide bonds. The lowest BCUT2D eigenvalue weighted by Crippen LogP contribution is -2.50. The Morgan fingerprint density at radius 2 is 1.90 bits per heavy atom. The summed E-state index contributed by atoms with van der Waals surface area (Å²) in [6, 6.07) is 0. The predicted molar refractivity (Wildman–Crippen MR) is 123 cm³/mol. The van der Waals surface area contributed by atoms with E-state index in [-0.39, 0.29) is 17.9 Å². The molecule has 5 unspecified atom stereocenters. The standard InChI is InChI=1S/C27H45NO2/c1-17(6-5-7-18(2)25(28)30)22-10-11-23-21-9-8-19-16-20(29)12-14-26(19,3)24(21)13-15-27(22,23)4/h8,17-18,20-24,29H,5-7,9-16H2,1-4H3,(H2,28,30)/t17-,18?,20?,21?,22-,23?,24?,26+,27-/m1/s1. The normalized spacial score (nSPS) is 45.0. The van der Waals surface area contributed by atoms with Gasteiger partial charge in [-0.1, -0.05) is 52.2 Å². The lowest BCUT2D eigenvalue weighted by molar-refractivity contribution is -0.121. The maximum atomic E-state index is 11.4. The summed E-state index contributed by atoms with van der Waals surface area (Å²) in [7, 11) is 0. The molecule has 0 saturated heterocycles. The van der Waals surface area contributed by atoms with Gasteiger partial charge in [0.1, 0.15) is 0 Å². The van der Waals surface area contributed by atoms with Crippen LogP contribution in [0.4, 0.5) is 0 Å². The van der Waals surface area contributed by atoms with Crippen LogP contribution >= 0.6 is 0 Å². The Labute approximate surface area is 184 Å². The summed E-state index contributed by atoms with van der Waals surface area (Å²) < 4.78 is 0. The van der Waals surface area contributed by atoms with Crippen molar-refractivity contribution in [1.29, 1.82) is 0 Å². The number of aliphatic hydroxyl groups excluding tert-OH is 1. The third-order valence-electron chi connectivity index (χ3n) is 10.6. The van der Waals surface area contributed by atoms with Crippen LogP contribution in [-0.2, 0) is 4.79 Å². The number of aliphatic hydroxyl groups is 1. The molecule has 0 radical (unpaired) electrons. The fourth-order valence-corrected chi connectivity index (χ4v) is 8.71. The van der Waals surface area contributed by atoms with Crippen LogP contribution in [0.1, 0.15) is 98.3 Å². The second kappa shape index (κ2) is 8.26. The highest BCUT2D eigenvalue weighted by Gasteiger charge is 2.59. The third-order valence-corrected chi connectivity index (χ3v) is 10.6. The molecule has 4 aliphatic rings. The molecule has 170 valence electrons. The van der Waals surface area contributed by atoms with Crippen molar-refractivity contribution in [3.63, 3.8) is 0 Å². The Balaban J connectivity index is 1.44. The van der Waals surface area contributed by atoms with Gasteiger partial charge >= 0.3 is 0 Å². The van der Waals surface area contributed by atoms with Gasteiger partial charge in [0.2, 0.25) is 5.91 Å². The van der Waals surface area contributed by atoms with Crippen LogP contribution in [0, 0.1) is 46.3 Å². The highest BCUT2D eigenvalue weighted by molar-refractivity contribution is 5.76. The molecule has 9 atom stereocenters. The number of allylic oxidation sites excluding steroid dienone is 1. The van der Waals surface area contributed by atoms with Gasteiger partial charge in [-0.25, -0.2) is 0 Å². The Kier molecular flexibility index (Phi) is 6.16. The highest BCUT2D eigenvalue weighted by atomic mass is 16.3. The van der Waals surface area contributed by atoms with Crippen LogP contribution in [0.2, 0.25) is 0 Å². The smallest absolute Gasteiger partial charge is 0.220 e. The maximum Gasteiger partial charge on any atom is 0.220 e. The molecular formula is C27H45NO2. The van der Waals surface area contributed by atoms with E-state index >= 15 is 0 Å². The molecule has 3 fully saturated rings. The average Bonchev–Trinajstić information content (AvgIpc) is 3.05. The summed E-state index contributed by atoms with van der Waals surface area (Å²) in [5, 5.41) is 10.2. The number of fused-ring (bicyclic) bond motifs is 5. The molecule has 0 aromatic rings. The van der Waals surface area contributed by atoms with Gasteiger partial charge in [0.05, 0.1) is 6.10 Å². The SMILES string of the molecule is CC(CCC[C@@H](C)[C@H]1CCC2C3CC=C4CC(O)CC[C@]4(C)C3CC[C@@]21C)C(N)=O. The largest absolute Gasteiger partial charge is 0.393 e. The monoisotopic (exact) mass is 415 g/mol. The number of nitrogens with two attached hydrogens (primary N) is 1. The highest BCUT2D eigenvalue weighted by Crippen LogP contribution is 2.67. The summed E-state index contributed by atoms with van der Waals surface area (Å²) in [6.45, 7) is 9.60. The first-order valence-electron chi connectivity index (χ1n) is 12.8. The molecule has 4 rings (SSSR count). The lowest BCUT2D eigenvalue weighted by atomic mass is 9.47. The van der Waals surface area contributed by atoms with E-state index in [2.05, 4.69) is 26.8 Å². The van der Waals surface area contributed by atoms with Gasteiger partial charge in [-0.2, -0.15) is 0 Å². The van der Waals surface area contributed by atoms with E-state index in [9.17, 15) is 9.90 Å². The Bertz CT molecular complexity index is 686. The van der Waals surface area contributed by atoms with Crippen molar-refractivity contribution >= 4 is 5.91 Å². The first-order valence-corrected chi connectivity index (χ1v) is 12.8. The summed E-state index contributed by atoms with van der Waals surface area (Å²) in [6.07, 6.45) is 15.7. The van der Waals surface area contributed by atoms with Gasteiger partial charge in [0, 0.05) is 5.92 Å². The van der Waals surface area contributed by atoms with Crippen molar-refractivity contribution in [3.8, 4) is 0 Å². The average molecular weight is 416 g/mol. The van der Waals surface area contributed by atoms with E-state index in [4.69, 9.17) is 5.73 Å². The van der Waals surface area contributed by atoms with Crippen LogP contribution in [0.5, 0.6) is 0 Å². The van der Waals surface area contributed by atoms with Crippen molar-refractivity contribution in [3.05, 3.63) is 11.6 Å². The van der Waals surface area contributed by atoms with Crippen molar-refractivity contribution in [2.75, 3.05) is 0 Å². The lowest BCUT2D eigenvalue weighted by Gasteiger charge is -2.58. The van der Waals surface area contributed by atoms with Crippen molar-refractivity contribution in [2.45, 2.75) is 104 Å². The summed E-state index contributed by atoms with van der Waals surface area (Å²) in [4.78, 5) is 11.4. The predicted octanol–water partition coefficient (Wildman–Crippen LogP) is 5.85. The minimum absolute atomic E-state index is 0.0116.